The monoisotopic (exact) mass is 367 g/mol. The maximum atomic E-state index is 13.0. The number of nitrogen functional groups attached to an aromatic ring is 1. The van der Waals surface area contributed by atoms with Gasteiger partial charge in [0.2, 0.25) is 5.91 Å². The molecule has 3 N–H and O–H groups in total. The van der Waals surface area contributed by atoms with Crippen LogP contribution in [0.2, 0.25) is 0 Å². The lowest BCUT2D eigenvalue weighted by molar-refractivity contribution is -0.126. The summed E-state index contributed by atoms with van der Waals surface area (Å²) in [6, 6.07) is 5.54. The number of halogens is 1. The van der Waals surface area contributed by atoms with E-state index in [1.54, 1.807) is 12.1 Å². The Kier molecular flexibility index (Phi) is 8.23. The van der Waals surface area contributed by atoms with Crippen LogP contribution >= 0.6 is 12.4 Å². The number of carbonyl (C=O) groups is 2. The van der Waals surface area contributed by atoms with Gasteiger partial charge in [0.05, 0.1) is 5.92 Å². The van der Waals surface area contributed by atoms with E-state index in [2.05, 4.69) is 12.2 Å². The highest BCUT2D eigenvalue weighted by Crippen LogP contribution is 2.25. The number of hydrogen-bond acceptors (Lipinski definition) is 3. The van der Waals surface area contributed by atoms with E-state index in [4.69, 9.17) is 5.73 Å². The maximum absolute atomic E-state index is 13.0. The number of aryl methyl sites for hydroxylation is 1. The number of piperidine rings is 1. The molecule has 1 heterocycles. The van der Waals surface area contributed by atoms with Crippen LogP contribution in [0, 0.1) is 12.8 Å². The minimum absolute atomic E-state index is 0. The fourth-order valence-corrected chi connectivity index (χ4v) is 3.16. The molecule has 1 aliphatic rings. The van der Waals surface area contributed by atoms with Gasteiger partial charge in [-0.1, -0.05) is 19.4 Å². The number of unbranched alkanes of at least 4 members (excludes halogenated alkanes) is 1. The SMILES string of the molecule is CCCCNC(=O)C1CCC(C)N(C(=O)c2cc(N)ccc2C)C1.Cl. The number of nitrogens with one attached hydrogen (secondary N) is 1. The van der Waals surface area contributed by atoms with E-state index < -0.39 is 0 Å². The molecule has 1 saturated heterocycles. The number of benzene rings is 1. The number of anilines is 1. The molecule has 0 radical (unpaired) electrons. The fraction of sp³-hybridized carbons (Fsp3) is 0.579. The second kappa shape index (κ2) is 9.66. The Morgan fingerprint density at radius 2 is 2.04 bits per heavy atom. The van der Waals surface area contributed by atoms with Crippen LogP contribution in [0.3, 0.4) is 0 Å². The summed E-state index contributed by atoms with van der Waals surface area (Å²) in [5.41, 5.74) is 7.97. The second-order valence-electron chi connectivity index (χ2n) is 6.80. The minimum Gasteiger partial charge on any atom is -0.399 e. The van der Waals surface area contributed by atoms with E-state index in [1.165, 1.54) is 0 Å². The summed E-state index contributed by atoms with van der Waals surface area (Å²) in [5, 5.41) is 2.99. The van der Waals surface area contributed by atoms with E-state index in [9.17, 15) is 9.59 Å². The molecule has 1 aliphatic heterocycles. The van der Waals surface area contributed by atoms with Crippen LogP contribution in [0.25, 0.3) is 0 Å². The highest BCUT2D eigenvalue weighted by molar-refractivity contribution is 5.97. The molecule has 1 aromatic rings. The zero-order valence-corrected chi connectivity index (χ0v) is 16.2. The van der Waals surface area contributed by atoms with Crippen LogP contribution in [0.1, 0.15) is 55.5 Å². The molecule has 1 fully saturated rings. The Bertz CT molecular complexity index is 606. The molecule has 0 spiro atoms. The van der Waals surface area contributed by atoms with E-state index in [0.717, 1.165) is 31.2 Å². The van der Waals surface area contributed by atoms with Gasteiger partial charge in [0.1, 0.15) is 0 Å². The molecule has 25 heavy (non-hydrogen) atoms. The third-order valence-electron chi connectivity index (χ3n) is 4.84. The Labute approximate surface area is 156 Å². The largest absolute Gasteiger partial charge is 0.399 e. The van der Waals surface area contributed by atoms with Crippen molar-refractivity contribution in [2.75, 3.05) is 18.8 Å². The van der Waals surface area contributed by atoms with Gasteiger partial charge in [-0.3, -0.25) is 9.59 Å². The summed E-state index contributed by atoms with van der Waals surface area (Å²) < 4.78 is 0. The molecular weight excluding hydrogens is 338 g/mol. The molecule has 5 nitrogen and oxygen atoms in total. The highest BCUT2D eigenvalue weighted by atomic mass is 35.5. The van der Waals surface area contributed by atoms with E-state index in [1.807, 2.05) is 24.8 Å². The van der Waals surface area contributed by atoms with Crippen LogP contribution < -0.4 is 11.1 Å². The van der Waals surface area contributed by atoms with Gasteiger partial charge in [-0.2, -0.15) is 0 Å². The predicted molar refractivity (Wildman–Crippen MR) is 104 cm³/mol. The van der Waals surface area contributed by atoms with E-state index in [0.29, 0.717) is 24.3 Å². The summed E-state index contributed by atoms with van der Waals surface area (Å²) in [5.74, 6) is -0.0841. The molecule has 2 rings (SSSR count). The molecule has 1 aromatic carbocycles. The van der Waals surface area contributed by atoms with Crippen LogP contribution in [0.5, 0.6) is 0 Å². The van der Waals surface area contributed by atoms with Crippen LogP contribution in [-0.4, -0.2) is 35.8 Å². The van der Waals surface area contributed by atoms with Gasteiger partial charge < -0.3 is 16.0 Å². The van der Waals surface area contributed by atoms with Crippen LogP contribution in [-0.2, 0) is 4.79 Å². The summed E-state index contributed by atoms with van der Waals surface area (Å²) in [7, 11) is 0. The summed E-state index contributed by atoms with van der Waals surface area (Å²) in [6.45, 7) is 7.25. The molecule has 0 aliphatic carbocycles. The normalized spacial score (nSPS) is 19.9. The Balaban J connectivity index is 0.00000312. The average Bonchev–Trinajstić information content (AvgIpc) is 2.57. The van der Waals surface area contributed by atoms with E-state index >= 15 is 0 Å². The number of likely N-dealkylation sites (tertiary alicyclic amines) is 1. The third kappa shape index (κ3) is 5.36. The van der Waals surface area contributed by atoms with Crippen molar-refractivity contribution in [2.24, 2.45) is 5.92 Å². The average molecular weight is 368 g/mol. The summed E-state index contributed by atoms with van der Waals surface area (Å²) in [4.78, 5) is 27.1. The van der Waals surface area contributed by atoms with E-state index in [-0.39, 0.29) is 36.2 Å². The smallest absolute Gasteiger partial charge is 0.254 e. The van der Waals surface area contributed by atoms with Gasteiger partial charge in [-0.15, -0.1) is 12.4 Å². The van der Waals surface area contributed by atoms with Crippen molar-refractivity contribution in [3.63, 3.8) is 0 Å². The number of carbonyl (C=O) groups excluding carboxylic acids is 2. The van der Waals surface area contributed by atoms with Gasteiger partial charge in [0.15, 0.2) is 0 Å². The first-order valence-electron chi connectivity index (χ1n) is 8.88. The minimum atomic E-state index is -0.122. The molecule has 2 atom stereocenters. The Morgan fingerprint density at radius 1 is 1.32 bits per heavy atom. The maximum Gasteiger partial charge on any atom is 0.254 e. The summed E-state index contributed by atoms with van der Waals surface area (Å²) >= 11 is 0. The van der Waals surface area contributed by atoms with Gasteiger partial charge >= 0.3 is 0 Å². The number of nitrogens with two attached hydrogens (primary N) is 1. The van der Waals surface area contributed by atoms with Crippen LogP contribution in [0.15, 0.2) is 18.2 Å². The van der Waals surface area contributed by atoms with Crippen molar-refractivity contribution in [3.8, 4) is 0 Å². The summed E-state index contributed by atoms with van der Waals surface area (Å²) in [6.07, 6.45) is 3.72. The lowest BCUT2D eigenvalue weighted by Crippen LogP contribution is -2.49. The molecule has 0 saturated carbocycles. The van der Waals surface area contributed by atoms with Crippen molar-refractivity contribution in [1.29, 1.82) is 0 Å². The van der Waals surface area contributed by atoms with Crippen molar-refractivity contribution in [2.45, 2.75) is 52.5 Å². The molecule has 2 amide bonds. The first-order chi connectivity index (χ1) is 11.4. The number of amides is 2. The fourth-order valence-electron chi connectivity index (χ4n) is 3.16. The van der Waals surface area contributed by atoms with Crippen molar-refractivity contribution < 1.29 is 9.59 Å². The lowest BCUT2D eigenvalue weighted by atomic mass is 9.91. The van der Waals surface area contributed by atoms with Gasteiger partial charge in [-0.05, 0) is 50.8 Å². The molecule has 2 unspecified atom stereocenters. The molecule has 6 heteroatoms. The lowest BCUT2D eigenvalue weighted by Gasteiger charge is -2.37. The Morgan fingerprint density at radius 3 is 2.72 bits per heavy atom. The zero-order valence-electron chi connectivity index (χ0n) is 15.4. The standard InChI is InChI=1S/C19H29N3O2.ClH/c1-4-5-10-21-18(23)15-8-7-14(3)22(12-15)19(24)17-11-16(20)9-6-13(17)2;/h6,9,11,14-15H,4-5,7-8,10,12,20H2,1-3H3,(H,21,23);1H. The third-order valence-corrected chi connectivity index (χ3v) is 4.84. The second-order valence-corrected chi connectivity index (χ2v) is 6.80. The van der Waals surface area contributed by atoms with Gasteiger partial charge in [0, 0.05) is 30.4 Å². The van der Waals surface area contributed by atoms with Gasteiger partial charge in [-0.25, -0.2) is 0 Å². The van der Waals surface area contributed by atoms with Crippen molar-refractivity contribution in [3.05, 3.63) is 29.3 Å². The Hall–Kier alpha value is -1.75. The topological polar surface area (TPSA) is 75.4 Å². The predicted octanol–water partition coefficient (Wildman–Crippen LogP) is 3.16. The number of hydrogen-bond donors (Lipinski definition) is 2. The van der Waals surface area contributed by atoms with Gasteiger partial charge in [0.25, 0.3) is 5.91 Å². The van der Waals surface area contributed by atoms with Crippen LogP contribution in [0.4, 0.5) is 5.69 Å². The van der Waals surface area contributed by atoms with Crippen molar-refractivity contribution >= 4 is 29.9 Å². The molecule has 0 bridgehead atoms. The number of rotatable bonds is 5. The van der Waals surface area contributed by atoms with Crippen molar-refractivity contribution in [1.82, 2.24) is 10.2 Å². The molecule has 0 aromatic heterocycles. The first-order valence-corrected chi connectivity index (χ1v) is 8.88. The molecule has 140 valence electrons. The number of nitrogens with zero attached hydrogens (tertiary/aromatic N) is 1. The molecular formula is C19H30ClN3O2. The quantitative estimate of drug-likeness (QED) is 0.620. The first kappa shape index (κ1) is 21.3. The zero-order chi connectivity index (χ0) is 17.7. The highest BCUT2D eigenvalue weighted by Gasteiger charge is 2.33.